The first-order chi connectivity index (χ1) is 12.7. The van der Waals surface area contributed by atoms with Crippen LogP contribution >= 0.6 is 0 Å². The van der Waals surface area contributed by atoms with E-state index >= 15 is 0 Å². The molecule has 1 aromatic rings. The van der Waals surface area contributed by atoms with Gasteiger partial charge < -0.3 is 14.2 Å². The van der Waals surface area contributed by atoms with Gasteiger partial charge in [-0.05, 0) is 44.9 Å². The summed E-state index contributed by atoms with van der Waals surface area (Å²) in [6.07, 6.45) is 10.1. The average Bonchev–Trinajstić information content (AvgIpc) is 2.88. The highest BCUT2D eigenvalue weighted by molar-refractivity contribution is 5.76. The number of aromatic nitrogens is 2. The minimum atomic E-state index is 0.353. The van der Waals surface area contributed by atoms with Crippen molar-refractivity contribution >= 4 is 5.91 Å². The topological polar surface area (TPSA) is 50.6 Å². The van der Waals surface area contributed by atoms with Gasteiger partial charge in [0.25, 0.3) is 0 Å². The van der Waals surface area contributed by atoms with Crippen LogP contribution in [0.4, 0.5) is 0 Å². The number of aryl methyl sites for hydroxylation is 2. The lowest BCUT2D eigenvalue weighted by molar-refractivity contribution is -0.135. The highest BCUT2D eigenvalue weighted by atomic mass is 16.5. The Hall–Kier alpha value is -1.40. The van der Waals surface area contributed by atoms with Gasteiger partial charge in [0, 0.05) is 70.3 Å². The molecule has 4 aliphatic heterocycles. The van der Waals surface area contributed by atoms with Crippen LogP contribution in [0.3, 0.4) is 0 Å². The van der Waals surface area contributed by atoms with Gasteiger partial charge in [-0.1, -0.05) is 0 Å². The minimum absolute atomic E-state index is 0.353. The number of carbonyl (C=O) groups excluding carboxylic acids is 1. The van der Waals surface area contributed by atoms with Crippen LogP contribution in [-0.2, 0) is 16.1 Å². The van der Waals surface area contributed by atoms with Crippen molar-refractivity contribution in [3.05, 3.63) is 18.2 Å². The third-order valence-electron chi connectivity index (χ3n) is 6.48. The highest BCUT2D eigenvalue weighted by Crippen LogP contribution is 2.31. The van der Waals surface area contributed by atoms with Crippen molar-refractivity contribution in [2.75, 3.05) is 32.8 Å². The number of hydrogen-bond acceptors (Lipinski definition) is 4. The summed E-state index contributed by atoms with van der Waals surface area (Å²) in [4.78, 5) is 22.0. The Bertz CT molecular complexity index is 611. The third-order valence-corrected chi connectivity index (χ3v) is 6.48. The predicted octanol–water partition coefficient (Wildman–Crippen LogP) is 2.07. The molecule has 26 heavy (non-hydrogen) atoms. The summed E-state index contributed by atoms with van der Waals surface area (Å²) in [5.41, 5.74) is 0. The van der Waals surface area contributed by atoms with E-state index in [1.165, 1.54) is 19.4 Å². The van der Waals surface area contributed by atoms with E-state index in [0.717, 1.165) is 57.9 Å². The first kappa shape index (κ1) is 18.0. The molecule has 1 amide bonds. The van der Waals surface area contributed by atoms with Crippen molar-refractivity contribution in [1.29, 1.82) is 0 Å². The van der Waals surface area contributed by atoms with E-state index in [2.05, 4.69) is 19.4 Å². The molecule has 4 aliphatic rings. The molecule has 6 heteroatoms. The van der Waals surface area contributed by atoms with E-state index in [-0.39, 0.29) is 0 Å². The lowest BCUT2D eigenvalue weighted by Gasteiger charge is -2.37. The first-order valence-corrected chi connectivity index (χ1v) is 10.3. The van der Waals surface area contributed by atoms with Gasteiger partial charge in [0.1, 0.15) is 5.82 Å². The van der Waals surface area contributed by atoms with Crippen LogP contribution in [0, 0.1) is 12.8 Å². The van der Waals surface area contributed by atoms with Crippen molar-refractivity contribution in [3.8, 4) is 0 Å². The van der Waals surface area contributed by atoms with Crippen LogP contribution in [0.5, 0.6) is 0 Å². The summed E-state index contributed by atoms with van der Waals surface area (Å²) in [6, 6.07) is 1.07. The van der Waals surface area contributed by atoms with Crippen LogP contribution < -0.4 is 0 Å². The van der Waals surface area contributed by atoms with Crippen molar-refractivity contribution in [1.82, 2.24) is 19.4 Å². The second kappa shape index (κ2) is 8.09. The molecule has 0 saturated carbocycles. The molecule has 0 spiro atoms. The molecular formula is C20H32N4O2. The number of amides is 1. The molecule has 4 saturated heterocycles. The zero-order chi connectivity index (χ0) is 17.9. The molecule has 5 rings (SSSR count). The molecule has 1 aromatic heterocycles. The number of ether oxygens (including phenoxy) is 1. The zero-order valence-electron chi connectivity index (χ0n) is 16.0. The van der Waals surface area contributed by atoms with Crippen LogP contribution in [0.15, 0.2) is 12.4 Å². The van der Waals surface area contributed by atoms with Gasteiger partial charge in [0.05, 0.1) is 0 Å². The quantitative estimate of drug-likeness (QED) is 0.807. The lowest BCUT2D eigenvalue weighted by Crippen LogP contribution is -2.48. The van der Waals surface area contributed by atoms with E-state index in [1.807, 2.05) is 19.3 Å². The van der Waals surface area contributed by atoms with E-state index in [9.17, 15) is 4.79 Å². The lowest BCUT2D eigenvalue weighted by atomic mass is 9.94. The van der Waals surface area contributed by atoms with Crippen LogP contribution in [0.2, 0.25) is 0 Å². The second-order valence-corrected chi connectivity index (χ2v) is 8.21. The normalized spacial score (nSPS) is 27.7. The summed E-state index contributed by atoms with van der Waals surface area (Å²) in [5, 5.41) is 0. The van der Waals surface area contributed by atoms with Crippen molar-refractivity contribution in [2.45, 2.75) is 64.1 Å². The SMILES string of the molecule is Cc1nccn1CCCC(=O)N1C[C@@H]2CC[C@H]1CN(C1CCOCC1)C2. The number of imidazole rings is 1. The Balaban J connectivity index is 1.32. The maximum atomic E-state index is 12.9. The molecule has 0 aromatic carbocycles. The predicted molar refractivity (Wildman–Crippen MR) is 99.8 cm³/mol. The minimum Gasteiger partial charge on any atom is -0.381 e. The Labute approximate surface area is 156 Å². The number of fused-ring (bicyclic) bond motifs is 4. The fraction of sp³-hybridized carbons (Fsp3) is 0.800. The van der Waals surface area contributed by atoms with Gasteiger partial charge in [0.2, 0.25) is 5.91 Å². The Morgan fingerprint density at radius 1 is 1.15 bits per heavy atom. The van der Waals surface area contributed by atoms with Crippen molar-refractivity contribution in [2.24, 2.45) is 5.92 Å². The van der Waals surface area contributed by atoms with Crippen molar-refractivity contribution < 1.29 is 9.53 Å². The summed E-state index contributed by atoms with van der Waals surface area (Å²) in [7, 11) is 0. The molecule has 2 bridgehead atoms. The van der Waals surface area contributed by atoms with Crippen LogP contribution in [0.1, 0.15) is 44.3 Å². The fourth-order valence-electron chi connectivity index (χ4n) is 4.96. The van der Waals surface area contributed by atoms with Gasteiger partial charge in [-0.3, -0.25) is 9.69 Å². The number of rotatable bonds is 5. The Morgan fingerprint density at radius 3 is 2.77 bits per heavy atom. The molecule has 0 radical (unpaired) electrons. The molecule has 5 heterocycles. The average molecular weight is 361 g/mol. The summed E-state index contributed by atoms with van der Waals surface area (Å²) >= 11 is 0. The number of piperidine rings is 1. The first-order valence-electron chi connectivity index (χ1n) is 10.3. The molecule has 0 aliphatic carbocycles. The molecule has 0 N–H and O–H groups in total. The zero-order valence-corrected chi connectivity index (χ0v) is 16.0. The standard InChI is InChI=1S/C20H32N4O2/c1-16-21-8-10-22(16)9-2-3-20(25)24-14-17-4-5-19(24)15-23(13-17)18-6-11-26-12-7-18/h8,10,17-19H,2-7,9,11-15H2,1H3/t17-,19+/m1/s1. The fourth-order valence-corrected chi connectivity index (χ4v) is 4.96. The van der Waals surface area contributed by atoms with E-state index in [4.69, 9.17) is 4.74 Å². The molecular weight excluding hydrogens is 328 g/mol. The number of carbonyl (C=O) groups is 1. The van der Waals surface area contributed by atoms with Crippen LogP contribution in [0.25, 0.3) is 0 Å². The maximum Gasteiger partial charge on any atom is 0.222 e. The highest BCUT2D eigenvalue weighted by Gasteiger charge is 2.38. The van der Waals surface area contributed by atoms with Gasteiger partial charge in [0.15, 0.2) is 0 Å². The van der Waals surface area contributed by atoms with E-state index in [1.54, 1.807) is 0 Å². The van der Waals surface area contributed by atoms with E-state index < -0.39 is 0 Å². The maximum absolute atomic E-state index is 12.9. The number of nitrogens with zero attached hydrogens (tertiary/aromatic N) is 4. The van der Waals surface area contributed by atoms with Crippen LogP contribution in [-0.4, -0.2) is 70.2 Å². The van der Waals surface area contributed by atoms with E-state index in [0.29, 0.717) is 30.3 Å². The summed E-state index contributed by atoms with van der Waals surface area (Å²) < 4.78 is 7.67. The number of hydrogen-bond donors (Lipinski definition) is 0. The monoisotopic (exact) mass is 360 g/mol. The van der Waals surface area contributed by atoms with Gasteiger partial charge in [-0.2, -0.15) is 0 Å². The molecule has 144 valence electrons. The molecule has 6 nitrogen and oxygen atoms in total. The summed E-state index contributed by atoms with van der Waals surface area (Å²) in [6.45, 7) is 7.88. The smallest absolute Gasteiger partial charge is 0.222 e. The largest absolute Gasteiger partial charge is 0.381 e. The Kier molecular flexibility index (Phi) is 5.60. The van der Waals surface area contributed by atoms with Gasteiger partial charge in [-0.25, -0.2) is 4.98 Å². The summed E-state index contributed by atoms with van der Waals surface area (Å²) in [5.74, 6) is 2.03. The molecule has 4 fully saturated rings. The molecule has 0 unspecified atom stereocenters. The second-order valence-electron chi connectivity index (χ2n) is 8.21. The van der Waals surface area contributed by atoms with Gasteiger partial charge in [-0.15, -0.1) is 0 Å². The molecule has 2 atom stereocenters. The van der Waals surface area contributed by atoms with Gasteiger partial charge >= 0.3 is 0 Å². The third kappa shape index (κ3) is 3.96. The Morgan fingerprint density at radius 2 is 2.00 bits per heavy atom. The van der Waals surface area contributed by atoms with Crippen molar-refractivity contribution in [3.63, 3.8) is 0 Å².